The summed E-state index contributed by atoms with van der Waals surface area (Å²) in [5.74, 6) is 1.08. The van der Waals surface area contributed by atoms with Gasteiger partial charge >= 0.3 is 0 Å². The number of nitriles is 1. The molecule has 4 rings (SSSR count). The van der Waals surface area contributed by atoms with Crippen LogP contribution in [0.1, 0.15) is 47.1 Å². The largest absolute Gasteiger partial charge is 0.309 e. The molecule has 1 atom stereocenters. The van der Waals surface area contributed by atoms with E-state index in [1.54, 1.807) is 0 Å². The highest BCUT2D eigenvalue weighted by molar-refractivity contribution is 5.94. The minimum atomic E-state index is -0.477. The Morgan fingerprint density at radius 2 is 1.83 bits per heavy atom. The third-order valence-corrected chi connectivity index (χ3v) is 5.33. The Morgan fingerprint density at radius 3 is 2.47 bits per heavy atom. The molecule has 1 unspecified atom stereocenters. The van der Waals surface area contributed by atoms with Crippen molar-refractivity contribution in [1.82, 2.24) is 10.3 Å². The molecule has 3 aromatic rings. The Kier molecular flexibility index (Phi) is 6.17. The van der Waals surface area contributed by atoms with Gasteiger partial charge in [0.25, 0.3) is 0 Å². The van der Waals surface area contributed by atoms with E-state index in [2.05, 4.69) is 27.8 Å². The molecule has 2 aromatic carbocycles. The lowest BCUT2D eigenvalue weighted by atomic mass is 10.0. The summed E-state index contributed by atoms with van der Waals surface area (Å²) in [6.07, 6.45) is 5.08. The molecule has 1 amide bonds. The number of nitrogens with one attached hydrogen (secondary N) is 2. The van der Waals surface area contributed by atoms with E-state index in [9.17, 15) is 4.79 Å². The number of carbonyl (C=O) groups is 1. The number of rotatable bonds is 8. The number of benzene rings is 2. The molecule has 1 aliphatic carbocycles. The van der Waals surface area contributed by atoms with Gasteiger partial charge in [0.05, 0.1) is 11.6 Å². The third kappa shape index (κ3) is 5.11. The van der Waals surface area contributed by atoms with E-state index in [0.29, 0.717) is 23.8 Å². The van der Waals surface area contributed by atoms with Crippen LogP contribution in [-0.4, -0.2) is 17.4 Å². The van der Waals surface area contributed by atoms with E-state index in [4.69, 9.17) is 5.26 Å². The standard InChI is InChI=1S/C25H24N4O/c26-16-19-8-6-18(7-9-19)14-15-27-24(21-4-2-1-3-5-21)25(30)29-23-13-12-22(17-28-23)20-10-11-20/h1-9,12-13,17,20,24,27H,10-11,14-15H2,(H,28,29,30). The zero-order chi connectivity index (χ0) is 20.8. The number of aromatic nitrogens is 1. The zero-order valence-electron chi connectivity index (χ0n) is 16.7. The fraction of sp³-hybridized carbons (Fsp3) is 0.240. The molecule has 5 heteroatoms. The highest BCUT2D eigenvalue weighted by Gasteiger charge is 2.24. The van der Waals surface area contributed by atoms with Crippen LogP contribution >= 0.6 is 0 Å². The van der Waals surface area contributed by atoms with E-state index in [-0.39, 0.29) is 5.91 Å². The van der Waals surface area contributed by atoms with Crippen molar-refractivity contribution in [3.8, 4) is 6.07 Å². The quantitative estimate of drug-likeness (QED) is 0.594. The fourth-order valence-corrected chi connectivity index (χ4v) is 3.45. The summed E-state index contributed by atoms with van der Waals surface area (Å²) in [4.78, 5) is 17.4. The van der Waals surface area contributed by atoms with Crippen LogP contribution in [0.5, 0.6) is 0 Å². The maximum atomic E-state index is 13.0. The summed E-state index contributed by atoms with van der Waals surface area (Å²) in [5, 5.41) is 15.2. The summed E-state index contributed by atoms with van der Waals surface area (Å²) in [7, 11) is 0. The van der Waals surface area contributed by atoms with Crippen LogP contribution in [-0.2, 0) is 11.2 Å². The molecule has 5 nitrogen and oxygen atoms in total. The third-order valence-electron chi connectivity index (χ3n) is 5.33. The molecular weight excluding hydrogens is 372 g/mol. The molecule has 150 valence electrons. The summed E-state index contributed by atoms with van der Waals surface area (Å²) in [6, 6.07) is 22.8. The van der Waals surface area contributed by atoms with Crippen molar-refractivity contribution in [3.05, 3.63) is 95.2 Å². The van der Waals surface area contributed by atoms with Gasteiger partial charge in [-0.25, -0.2) is 4.98 Å². The Bertz CT molecular complexity index is 1020. The summed E-state index contributed by atoms with van der Waals surface area (Å²) >= 11 is 0. The molecule has 0 saturated heterocycles. The van der Waals surface area contributed by atoms with Crippen molar-refractivity contribution >= 4 is 11.7 Å². The second kappa shape index (κ2) is 9.34. The second-order valence-corrected chi connectivity index (χ2v) is 7.60. The van der Waals surface area contributed by atoms with Gasteiger partial charge in [-0.15, -0.1) is 0 Å². The smallest absolute Gasteiger partial charge is 0.247 e. The van der Waals surface area contributed by atoms with Crippen LogP contribution in [0.4, 0.5) is 5.82 Å². The van der Waals surface area contributed by atoms with Crippen molar-refractivity contribution in [2.24, 2.45) is 0 Å². The minimum Gasteiger partial charge on any atom is -0.309 e. The maximum absolute atomic E-state index is 13.0. The molecule has 30 heavy (non-hydrogen) atoms. The van der Waals surface area contributed by atoms with Gasteiger partial charge in [0.1, 0.15) is 11.9 Å². The number of pyridine rings is 1. The number of anilines is 1. The summed E-state index contributed by atoms with van der Waals surface area (Å²) in [6.45, 7) is 0.632. The Morgan fingerprint density at radius 1 is 1.07 bits per heavy atom. The van der Waals surface area contributed by atoms with E-state index < -0.39 is 6.04 Å². The monoisotopic (exact) mass is 396 g/mol. The summed E-state index contributed by atoms with van der Waals surface area (Å²) < 4.78 is 0. The molecule has 1 aromatic heterocycles. The molecule has 1 heterocycles. The Balaban J connectivity index is 1.41. The van der Waals surface area contributed by atoms with Crippen LogP contribution in [0, 0.1) is 11.3 Å². The number of hydrogen-bond acceptors (Lipinski definition) is 4. The van der Waals surface area contributed by atoms with Crippen molar-refractivity contribution in [3.63, 3.8) is 0 Å². The zero-order valence-corrected chi connectivity index (χ0v) is 16.7. The first-order valence-electron chi connectivity index (χ1n) is 10.3. The summed E-state index contributed by atoms with van der Waals surface area (Å²) in [5.41, 5.74) is 3.91. The van der Waals surface area contributed by atoms with Gasteiger partial charge < -0.3 is 10.6 Å². The van der Waals surface area contributed by atoms with E-state index in [1.165, 1.54) is 18.4 Å². The van der Waals surface area contributed by atoms with Gasteiger partial charge in [0.15, 0.2) is 0 Å². The van der Waals surface area contributed by atoms with E-state index in [1.807, 2.05) is 66.9 Å². The first-order valence-corrected chi connectivity index (χ1v) is 10.3. The minimum absolute atomic E-state index is 0.132. The lowest BCUT2D eigenvalue weighted by Gasteiger charge is -2.19. The van der Waals surface area contributed by atoms with E-state index >= 15 is 0 Å². The number of amides is 1. The Hall–Kier alpha value is -3.49. The van der Waals surface area contributed by atoms with Gasteiger partial charge in [-0.3, -0.25) is 4.79 Å². The van der Waals surface area contributed by atoms with Crippen LogP contribution in [0.3, 0.4) is 0 Å². The molecule has 0 aliphatic heterocycles. The molecule has 0 spiro atoms. The average molecular weight is 396 g/mol. The van der Waals surface area contributed by atoms with Crippen molar-refractivity contribution in [1.29, 1.82) is 5.26 Å². The number of nitrogens with zero attached hydrogens (tertiary/aromatic N) is 2. The van der Waals surface area contributed by atoms with Crippen LogP contribution < -0.4 is 10.6 Å². The highest BCUT2D eigenvalue weighted by Crippen LogP contribution is 2.39. The lowest BCUT2D eigenvalue weighted by Crippen LogP contribution is -2.34. The molecule has 0 bridgehead atoms. The predicted octanol–water partition coefficient (Wildman–Crippen LogP) is 4.34. The first-order chi connectivity index (χ1) is 14.7. The normalized spacial score (nSPS) is 14.0. The lowest BCUT2D eigenvalue weighted by molar-refractivity contribution is -0.118. The van der Waals surface area contributed by atoms with E-state index in [0.717, 1.165) is 17.5 Å². The maximum Gasteiger partial charge on any atom is 0.247 e. The van der Waals surface area contributed by atoms with Crippen LogP contribution in [0.15, 0.2) is 72.9 Å². The topological polar surface area (TPSA) is 77.8 Å². The van der Waals surface area contributed by atoms with Gasteiger partial charge in [0.2, 0.25) is 5.91 Å². The average Bonchev–Trinajstić information content (AvgIpc) is 3.64. The second-order valence-electron chi connectivity index (χ2n) is 7.60. The van der Waals surface area contributed by atoms with Gasteiger partial charge in [-0.2, -0.15) is 5.26 Å². The van der Waals surface area contributed by atoms with Crippen molar-refractivity contribution in [2.45, 2.75) is 31.2 Å². The molecular formula is C25H24N4O. The molecule has 0 radical (unpaired) electrons. The highest BCUT2D eigenvalue weighted by atomic mass is 16.2. The number of carbonyl (C=O) groups excluding carboxylic acids is 1. The SMILES string of the molecule is N#Cc1ccc(CCNC(C(=O)Nc2ccc(C3CC3)cn2)c2ccccc2)cc1. The van der Waals surface area contributed by atoms with Crippen LogP contribution in [0.25, 0.3) is 0 Å². The number of hydrogen-bond donors (Lipinski definition) is 2. The fourth-order valence-electron chi connectivity index (χ4n) is 3.45. The van der Waals surface area contributed by atoms with Gasteiger partial charge in [0, 0.05) is 12.7 Å². The van der Waals surface area contributed by atoms with Crippen molar-refractivity contribution in [2.75, 3.05) is 11.9 Å². The molecule has 1 saturated carbocycles. The first kappa shape index (κ1) is 19.8. The predicted molar refractivity (Wildman–Crippen MR) is 117 cm³/mol. The molecule has 1 aliphatic rings. The van der Waals surface area contributed by atoms with Crippen molar-refractivity contribution < 1.29 is 4.79 Å². The van der Waals surface area contributed by atoms with Gasteiger partial charge in [-0.05, 0) is 60.1 Å². The molecule has 1 fully saturated rings. The van der Waals surface area contributed by atoms with Gasteiger partial charge in [-0.1, -0.05) is 48.5 Å². The molecule has 2 N–H and O–H groups in total. The van der Waals surface area contributed by atoms with Crippen LogP contribution in [0.2, 0.25) is 0 Å². The Labute approximate surface area is 176 Å².